The van der Waals surface area contributed by atoms with Crippen LogP contribution in [0, 0.1) is 28.6 Å². The molecule has 3 saturated carbocycles. The van der Waals surface area contributed by atoms with Gasteiger partial charge in [0.2, 0.25) is 0 Å². The van der Waals surface area contributed by atoms with Crippen molar-refractivity contribution >= 4 is 37.8 Å². The number of carbonyl (C=O) groups excluding carboxylic acids is 3. The minimum absolute atomic E-state index is 0.000472. The highest BCUT2D eigenvalue weighted by Gasteiger charge is 2.77. The monoisotopic (exact) mass is 622 g/mol. The van der Waals surface area contributed by atoms with Gasteiger partial charge in [0.1, 0.15) is 18.8 Å². The first-order chi connectivity index (χ1) is 18.7. The van der Waals surface area contributed by atoms with Crippen molar-refractivity contribution in [3.8, 4) is 0 Å². The van der Waals surface area contributed by atoms with Gasteiger partial charge in [-0.2, -0.15) is 16.8 Å². The second kappa shape index (κ2) is 10.3. The molecule has 0 aromatic carbocycles. The number of aliphatic hydroxyl groups is 1. The fourth-order valence-electron chi connectivity index (χ4n) is 7.85. The number of esters is 1. The summed E-state index contributed by atoms with van der Waals surface area (Å²) < 4.78 is 89.2. The molecule has 10 atom stereocenters. The lowest BCUT2D eigenvalue weighted by molar-refractivity contribution is -0.231. The molecular formula is C26H35FO12S2. The van der Waals surface area contributed by atoms with Gasteiger partial charge >= 0.3 is 5.97 Å². The minimum atomic E-state index is -4.40. The van der Waals surface area contributed by atoms with Crippen molar-refractivity contribution in [3.63, 3.8) is 0 Å². The SMILES string of the molecule is COC1C[C@H]2[C@@H]3C(OS(C)(=O)=O)C(OS(C)(=O)=O)C4=CC(=O)C=C[C@]4(C)[C@@]3(F)C(O)C[C@]2(C)[C@H]1C(=O)COC(C)=O. The van der Waals surface area contributed by atoms with E-state index in [4.69, 9.17) is 17.8 Å². The number of carbonyl (C=O) groups is 3. The normalized spacial score (nSPS) is 42.1. The van der Waals surface area contributed by atoms with E-state index >= 15 is 4.39 Å². The van der Waals surface area contributed by atoms with E-state index in [-0.39, 0.29) is 18.4 Å². The number of hydrogen-bond donors (Lipinski definition) is 1. The summed E-state index contributed by atoms with van der Waals surface area (Å²) in [6.07, 6.45) is -1.87. The van der Waals surface area contributed by atoms with Gasteiger partial charge in [-0.1, -0.05) is 13.0 Å². The maximum absolute atomic E-state index is 18.0. The summed E-state index contributed by atoms with van der Waals surface area (Å²) in [6, 6.07) is 0. The number of allylic oxidation sites excluding steroid dienone is 3. The Kier molecular flexibility index (Phi) is 8.01. The van der Waals surface area contributed by atoms with Crippen LogP contribution < -0.4 is 0 Å². The molecule has 0 saturated heterocycles. The number of hydrogen-bond acceptors (Lipinski definition) is 12. The minimum Gasteiger partial charge on any atom is -0.458 e. The maximum atomic E-state index is 18.0. The molecular weight excluding hydrogens is 587 g/mol. The van der Waals surface area contributed by atoms with Crippen molar-refractivity contribution in [2.75, 3.05) is 26.2 Å². The Bertz CT molecular complexity index is 1420. The molecule has 0 aromatic heterocycles. The molecule has 0 aromatic rings. The van der Waals surface area contributed by atoms with Crippen LogP contribution in [0.1, 0.15) is 33.6 Å². The van der Waals surface area contributed by atoms with Crippen molar-refractivity contribution < 1.29 is 58.6 Å². The van der Waals surface area contributed by atoms with Crippen molar-refractivity contribution in [2.45, 2.75) is 63.7 Å². The van der Waals surface area contributed by atoms with Crippen LogP contribution in [0.15, 0.2) is 23.8 Å². The molecule has 3 fully saturated rings. The molecule has 0 aliphatic heterocycles. The van der Waals surface area contributed by atoms with Crippen LogP contribution >= 0.6 is 0 Å². The zero-order valence-electron chi connectivity index (χ0n) is 23.5. The molecule has 0 bridgehead atoms. The molecule has 15 heteroatoms. The summed E-state index contributed by atoms with van der Waals surface area (Å²) in [6.45, 7) is 3.55. The molecule has 0 heterocycles. The summed E-state index contributed by atoms with van der Waals surface area (Å²) in [7, 11) is -7.39. The van der Waals surface area contributed by atoms with E-state index in [0.29, 0.717) is 6.26 Å². The van der Waals surface area contributed by atoms with Crippen molar-refractivity contribution in [2.24, 2.45) is 28.6 Å². The number of rotatable bonds is 8. The van der Waals surface area contributed by atoms with Crippen LogP contribution in [-0.2, 0) is 52.5 Å². The van der Waals surface area contributed by atoms with E-state index in [2.05, 4.69) is 0 Å². The number of aliphatic hydroxyl groups excluding tert-OH is 1. The van der Waals surface area contributed by atoms with Crippen molar-refractivity contribution in [1.82, 2.24) is 0 Å². The largest absolute Gasteiger partial charge is 0.458 e. The second-order valence-corrected chi connectivity index (χ2v) is 15.1. The predicted octanol–water partition coefficient (Wildman–Crippen LogP) is 0.640. The Labute approximate surface area is 238 Å². The van der Waals surface area contributed by atoms with Crippen LogP contribution in [0.5, 0.6) is 0 Å². The Morgan fingerprint density at radius 2 is 1.73 bits per heavy atom. The van der Waals surface area contributed by atoms with Crippen LogP contribution in [-0.4, -0.2) is 95.8 Å². The molecule has 0 radical (unpaired) electrons. The zero-order chi connectivity index (χ0) is 30.9. The van der Waals surface area contributed by atoms with Gasteiger partial charge in [-0.15, -0.1) is 0 Å². The molecule has 4 rings (SSSR count). The van der Waals surface area contributed by atoms with Crippen LogP contribution in [0.3, 0.4) is 0 Å². The Hall–Kier alpha value is -2.04. The Morgan fingerprint density at radius 3 is 2.27 bits per heavy atom. The molecule has 12 nitrogen and oxygen atoms in total. The third-order valence-corrected chi connectivity index (χ3v) is 10.4. The molecule has 4 aliphatic carbocycles. The average molecular weight is 623 g/mol. The van der Waals surface area contributed by atoms with Gasteiger partial charge in [0, 0.05) is 25.4 Å². The highest BCUT2D eigenvalue weighted by atomic mass is 32.2. The topological polar surface area (TPSA) is 177 Å². The standard InChI is InChI=1S/C26H35FO12S2/c1-13(28)37-12-17(30)21-18(36-4)10-15-20-23(39-41(6,34)35)22(38-40(5,32)33)16-9-14(29)7-8-25(16,3)26(20,27)19(31)11-24(15,21)2/h7-9,15,18-23,31H,10-12H2,1-6H3/t15-,18?,19?,20+,21-,22?,23?,24-,25-,26+/m0/s1. The Morgan fingerprint density at radius 1 is 1.12 bits per heavy atom. The molecule has 230 valence electrons. The summed E-state index contributed by atoms with van der Waals surface area (Å²) in [4.78, 5) is 37.3. The van der Waals surface area contributed by atoms with Gasteiger partial charge in [0.15, 0.2) is 17.2 Å². The van der Waals surface area contributed by atoms with Gasteiger partial charge in [-0.3, -0.25) is 22.7 Å². The van der Waals surface area contributed by atoms with E-state index in [9.17, 15) is 36.3 Å². The number of methoxy groups -OCH3 is 1. The van der Waals surface area contributed by atoms with Gasteiger partial charge in [-0.25, -0.2) is 4.39 Å². The van der Waals surface area contributed by atoms with E-state index < -0.39 is 103 Å². The number of ketones is 2. The smallest absolute Gasteiger partial charge is 0.303 e. The van der Waals surface area contributed by atoms with E-state index in [1.54, 1.807) is 6.92 Å². The first-order valence-electron chi connectivity index (χ1n) is 13.0. The van der Waals surface area contributed by atoms with E-state index in [0.717, 1.165) is 25.3 Å². The Balaban J connectivity index is 1.97. The van der Waals surface area contributed by atoms with Gasteiger partial charge in [-0.05, 0) is 48.8 Å². The van der Waals surface area contributed by atoms with E-state index in [1.165, 1.54) is 20.1 Å². The summed E-state index contributed by atoms with van der Waals surface area (Å²) >= 11 is 0. The maximum Gasteiger partial charge on any atom is 0.303 e. The number of ether oxygens (including phenoxy) is 2. The molecule has 0 spiro atoms. The number of halogens is 1. The summed E-state index contributed by atoms with van der Waals surface area (Å²) in [5.41, 5.74) is -5.98. The quantitative estimate of drug-likeness (QED) is 0.296. The fraction of sp³-hybridized carbons (Fsp3) is 0.731. The fourth-order valence-corrected chi connectivity index (χ4v) is 9.07. The van der Waals surface area contributed by atoms with Gasteiger partial charge in [0.05, 0.1) is 30.6 Å². The third kappa shape index (κ3) is 5.22. The van der Waals surface area contributed by atoms with Crippen LogP contribution in [0.4, 0.5) is 4.39 Å². The second-order valence-electron chi connectivity index (χ2n) is 11.9. The van der Waals surface area contributed by atoms with Crippen LogP contribution in [0.25, 0.3) is 0 Å². The average Bonchev–Trinajstić information content (AvgIpc) is 3.11. The van der Waals surface area contributed by atoms with Crippen LogP contribution in [0.2, 0.25) is 0 Å². The lowest BCUT2D eigenvalue weighted by atomic mass is 9.44. The number of alkyl halides is 1. The predicted molar refractivity (Wildman–Crippen MR) is 140 cm³/mol. The first kappa shape index (κ1) is 31.9. The lowest BCUT2D eigenvalue weighted by Crippen LogP contribution is -2.73. The molecule has 0 amide bonds. The lowest BCUT2D eigenvalue weighted by Gasteiger charge is -2.64. The molecule has 41 heavy (non-hydrogen) atoms. The van der Waals surface area contributed by atoms with Crippen molar-refractivity contribution in [1.29, 1.82) is 0 Å². The molecule has 4 aliphatic rings. The highest BCUT2D eigenvalue weighted by Crippen LogP contribution is 2.70. The number of Topliss-reactive ketones (excluding diaryl/α,β-unsaturated/α-hetero) is 1. The molecule has 4 unspecified atom stereocenters. The van der Waals surface area contributed by atoms with Gasteiger partial charge in [0.25, 0.3) is 20.2 Å². The zero-order valence-corrected chi connectivity index (χ0v) is 25.2. The third-order valence-electron chi connectivity index (χ3n) is 9.32. The van der Waals surface area contributed by atoms with E-state index in [1.807, 2.05) is 0 Å². The summed E-state index contributed by atoms with van der Waals surface area (Å²) in [5, 5.41) is 11.6. The van der Waals surface area contributed by atoms with Gasteiger partial charge < -0.3 is 14.6 Å². The number of fused-ring (bicyclic) bond motifs is 5. The first-order valence-corrected chi connectivity index (χ1v) is 16.6. The molecule has 1 N–H and O–H groups in total. The summed E-state index contributed by atoms with van der Waals surface area (Å²) in [5.74, 6) is -5.34. The highest BCUT2D eigenvalue weighted by molar-refractivity contribution is 7.86. The van der Waals surface area contributed by atoms with Crippen molar-refractivity contribution in [3.05, 3.63) is 23.8 Å².